The number of hydrogen-bond donors (Lipinski definition) is 0. The summed E-state index contributed by atoms with van der Waals surface area (Å²) in [6.07, 6.45) is 0. The zero-order valence-corrected chi connectivity index (χ0v) is 14.0. The third kappa shape index (κ3) is 2.48. The first-order valence-corrected chi connectivity index (χ1v) is 7.77. The number of fused-ring (bicyclic) bond motifs is 1. The Hall–Kier alpha value is -1.69. The minimum absolute atomic E-state index is 0.410. The smallest absolute Gasteiger partial charge is 0.299 e. The Bertz CT molecular complexity index is 767. The highest BCUT2D eigenvalue weighted by atomic mass is 127. The number of nitrogens with zero attached hydrogens (tertiary/aromatic N) is 1. The lowest BCUT2D eigenvalue weighted by molar-refractivity contribution is -0.114. The van der Waals surface area contributed by atoms with Crippen molar-refractivity contribution < 1.29 is 9.59 Å². The van der Waals surface area contributed by atoms with E-state index in [1.807, 2.05) is 31.2 Å². The Kier molecular flexibility index (Phi) is 3.57. The summed E-state index contributed by atoms with van der Waals surface area (Å²) >= 11 is 2.15. The lowest BCUT2D eigenvalue weighted by Gasteiger charge is -2.17. The SMILES string of the molecule is Cc1ccc(CN2C(=O)C(=O)c3cc(I)ccc32)cc1C. The minimum atomic E-state index is -0.440. The highest BCUT2D eigenvalue weighted by Crippen LogP contribution is 2.31. The molecule has 0 bridgehead atoms. The quantitative estimate of drug-likeness (QED) is 0.579. The number of carbonyl (C=O) groups is 2. The summed E-state index contributed by atoms with van der Waals surface area (Å²) in [5.41, 5.74) is 4.66. The van der Waals surface area contributed by atoms with Crippen LogP contribution < -0.4 is 4.90 Å². The standard InChI is InChI=1S/C17H14INO2/c1-10-3-4-12(7-11(10)2)9-19-15-6-5-13(18)8-14(15)16(20)17(19)21/h3-8H,9H2,1-2H3. The highest BCUT2D eigenvalue weighted by molar-refractivity contribution is 14.1. The van der Waals surface area contributed by atoms with Crippen LogP contribution in [0.15, 0.2) is 36.4 Å². The van der Waals surface area contributed by atoms with Crippen LogP contribution in [0, 0.1) is 17.4 Å². The number of ketones is 1. The summed E-state index contributed by atoms with van der Waals surface area (Å²) < 4.78 is 0.959. The topological polar surface area (TPSA) is 37.4 Å². The molecule has 1 heterocycles. The molecule has 0 unspecified atom stereocenters. The molecule has 21 heavy (non-hydrogen) atoms. The van der Waals surface area contributed by atoms with Gasteiger partial charge in [-0.2, -0.15) is 0 Å². The number of rotatable bonds is 2. The van der Waals surface area contributed by atoms with Gasteiger partial charge < -0.3 is 4.90 Å². The molecule has 4 heteroatoms. The maximum absolute atomic E-state index is 12.2. The first kappa shape index (κ1) is 14.3. The Morgan fingerprint density at radius 2 is 1.76 bits per heavy atom. The zero-order chi connectivity index (χ0) is 15.1. The van der Waals surface area contributed by atoms with E-state index in [9.17, 15) is 9.59 Å². The van der Waals surface area contributed by atoms with Crippen molar-refractivity contribution in [3.05, 3.63) is 62.2 Å². The van der Waals surface area contributed by atoms with Crippen molar-refractivity contribution in [1.82, 2.24) is 0 Å². The largest absolute Gasteiger partial charge is 0.300 e. The molecule has 0 N–H and O–H groups in total. The third-order valence-corrected chi connectivity index (χ3v) is 4.52. The molecule has 0 atom stereocenters. The maximum atomic E-state index is 12.2. The molecule has 1 aliphatic heterocycles. The molecule has 106 valence electrons. The molecule has 1 amide bonds. The van der Waals surface area contributed by atoms with Crippen molar-refractivity contribution in [2.45, 2.75) is 20.4 Å². The summed E-state index contributed by atoms with van der Waals surface area (Å²) in [5.74, 6) is -0.849. The highest BCUT2D eigenvalue weighted by Gasteiger charge is 2.35. The van der Waals surface area contributed by atoms with Crippen molar-refractivity contribution in [2.75, 3.05) is 4.90 Å². The molecule has 0 saturated heterocycles. The van der Waals surface area contributed by atoms with E-state index in [2.05, 4.69) is 35.6 Å². The van der Waals surface area contributed by atoms with Gasteiger partial charge in [0, 0.05) is 3.57 Å². The Morgan fingerprint density at radius 3 is 2.48 bits per heavy atom. The lowest BCUT2D eigenvalue weighted by Crippen LogP contribution is -2.29. The summed E-state index contributed by atoms with van der Waals surface area (Å²) in [6.45, 7) is 4.53. The Morgan fingerprint density at radius 1 is 1.00 bits per heavy atom. The minimum Gasteiger partial charge on any atom is -0.300 e. The fourth-order valence-corrected chi connectivity index (χ4v) is 3.01. The molecule has 0 radical (unpaired) electrons. The molecule has 3 rings (SSSR count). The normalized spacial score (nSPS) is 13.8. The van der Waals surface area contributed by atoms with Crippen LogP contribution in [-0.4, -0.2) is 11.7 Å². The van der Waals surface area contributed by atoms with E-state index in [-0.39, 0.29) is 0 Å². The second-order valence-electron chi connectivity index (χ2n) is 5.30. The number of anilines is 1. The van der Waals surface area contributed by atoms with Gasteiger partial charge in [-0.25, -0.2) is 0 Å². The molecule has 0 saturated carbocycles. The van der Waals surface area contributed by atoms with E-state index in [1.165, 1.54) is 11.1 Å². The van der Waals surface area contributed by atoms with E-state index >= 15 is 0 Å². The van der Waals surface area contributed by atoms with Crippen LogP contribution in [-0.2, 0) is 11.3 Å². The fourth-order valence-electron chi connectivity index (χ4n) is 2.51. The van der Waals surface area contributed by atoms with Crippen LogP contribution in [0.1, 0.15) is 27.0 Å². The summed E-state index contributed by atoms with van der Waals surface area (Å²) in [4.78, 5) is 25.8. The van der Waals surface area contributed by atoms with Gasteiger partial charge in [0.2, 0.25) is 0 Å². The van der Waals surface area contributed by atoms with Gasteiger partial charge in [0.1, 0.15) is 0 Å². The lowest BCUT2D eigenvalue weighted by atomic mass is 10.1. The van der Waals surface area contributed by atoms with Crippen LogP contribution in [0.5, 0.6) is 0 Å². The first-order chi connectivity index (χ1) is 9.97. The van der Waals surface area contributed by atoms with Gasteiger partial charge >= 0.3 is 0 Å². The Labute approximate surface area is 137 Å². The number of aryl methyl sites for hydroxylation is 2. The number of halogens is 1. The van der Waals surface area contributed by atoms with E-state index < -0.39 is 11.7 Å². The number of hydrogen-bond acceptors (Lipinski definition) is 2. The number of amides is 1. The molecule has 0 aliphatic carbocycles. The molecule has 2 aromatic carbocycles. The average Bonchev–Trinajstić information content (AvgIpc) is 2.68. The number of benzene rings is 2. The predicted molar refractivity (Wildman–Crippen MR) is 90.6 cm³/mol. The van der Waals surface area contributed by atoms with Gasteiger partial charge in [-0.15, -0.1) is 0 Å². The average molecular weight is 391 g/mol. The van der Waals surface area contributed by atoms with Gasteiger partial charge in [0.05, 0.1) is 17.8 Å². The molecule has 3 nitrogen and oxygen atoms in total. The van der Waals surface area contributed by atoms with Gasteiger partial charge in [0.25, 0.3) is 11.7 Å². The van der Waals surface area contributed by atoms with Gasteiger partial charge in [-0.1, -0.05) is 18.2 Å². The van der Waals surface area contributed by atoms with Crippen molar-refractivity contribution >= 4 is 40.0 Å². The van der Waals surface area contributed by atoms with E-state index in [4.69, 9.17) is 0 Å². The monoisotopic (exact) mass is 391 g/mol. The third-order valence-electron chi connectivity index (χ3n) is 3.85. The van der Waals surface area contributed by atoms with E-state index in [1.54, 1.807) is 11.0 Å². The fraction of sp³-hybridized carbons (Fsp3) is 0.176. The van der Waals surface area contributed by atoms with Gasteiger partial charge in [0.15, 0.2) is 0 Å². The first-order valence-electron chi connectivity index (χ1n) is 6.69. The van der Waals surface area contributed by atoms with Crippen LogP contribution >= 0.6 is 22.6 Å². The zero-order valence-electron chi connectivity index (χ0n) is 11.8. The molecule has 1 aliphatic rings. The van der Waals surface area contributed by atoms with Crippen molar-refractivity contribution in [1.29, 1.82) is 0 Å². The van der Waals surface area contributed by atoms with Crippen molar-refractivity contribution in [3.63, 3.8) is 0 Å². The maximum Gasteiger partial charge on any atom is 0.299 e. The molecule has 0 spiro atoms. The second-order valence-corrected chi connectivity index (χ2v) is 6.55. The van der Waals surface area contributed by atoms with E-state index in [0.717, 1.165) is 9.13 Å². The second kappa shape index (κ2) is 5.26. The van der Waals surface area contributed by atoms with Gasteiger partial charge in [-0.05, 0) is 71.3 Å². The summed E-state index contributed by atoms with van der Waals surface area (Å²) in [6, 6.07) is 11.7. The molecule has 0 aromatic heterocycles. The summed E-state index contributed by atoms with van der Waals surface area (Å²) in [5, 5.41) is 0. The molecule has 2 aromatic rings. The molecular formula is C17H14INO2. The van der Waals surface area contributed by atoms with E-state index in [0.29, 0.717) is 17.8 Å². The van der Waals surface area contributed by atoms with Crippen LogP contribution in [0.25, 0.3) is 0 Å². The molecular weight excluding hydrogens is 377 g/mol. The summed E-state index contributed by atoms with van der Waals surface area (Å²) in [7, 11) is 0. The number of carbonyl (C=O) groups excluding carboxylic acids is 2. The van der Waals surface area contributed by atoms with Crippen molar-refractivity contribution in [2.24, 2.45) is 0 Å². The Balaban J connectivity index is 1.98. The van der Waals surface area contributed by atoms with Crippen molar-refractivity contribution in [3.8, 4) is 0 Å². The van der Waals surface area contributed by atoms with Crippen LogP contribution in [0.3, 0.4) is 0 Å². The van der Waals surface area contributed by atoms with Crippen LogP contribution in [0.4, 0.5) is 5.69 Å². The van der Waals surface area contributed by atoms with Crippen LogP contribution in [0.2, 0.25) is 0 Å². The number of Topliss-reactive ketones (excluding diaryl/α,β-unsaturated/α-hetero) is 1. The molecule has 0 fully saturated rings. The van der Waals surface area contributed by atoms with Gasteiger partial charge in [-0.3, -0.25) is 9.59 Å². The predicted octanol–water partition coefficient (Wildman–Crippen LogP) is 3.64.